The number of sulfonamides is 1. The number of thioether (sulfide) groups is 1. The normalized spacial score (nSPS) is 16.0. The van der Waals surface area contributed by atoms with Crippen LogP contribution in [0.4, 0.5) is 13.2 Å². The summed E-state index contributed by atoms with van der Waals surface area (Å²) in [6.07, 6.45) is -4.63. The second-order valence-corrected chi connectivity index (χ2v) is 10.0. The molecule has 1 aromatic heterocycles. The van der Waals surface area contributed by atoms with Crippen molar-refractivity contribution in [1.82, 2.24) is 14.4 Å². The van der Waals surface area contributed by atoms with Crippen LogP contribution in [0, 0.1) is 13.8 Å². The van der Waals surface area contributed by atoms with E-state index in [1.807, 2.05) is 13.8 Å². The second kappa shape index (κ2) is 9.21. The van der Waals surface area contributed by atoms with Crippen LogP contribution < -0.4 is 0 Å². The summed E-state index contributed by atoms with van der Waals surface area (Å²) in [5.41, 5.74) is 0.721. The average Bonchev–Trinajstić information content (AvgIpc) is 3.05. The molecule has 0 saturated carbocycles. The van der Waals surface area contributed by atoms with Crippen LogP contribution in [-0.4, -0.2) is 60.6 Å². The number of nitrogens with zero attached hydrogens (tertiary/aromatic N) is 3. The third-order valence-electron chi connectivity index (χ3n) is 5.04. The summed E-state index contributed by atoms with van der Waals surface area (Å²) < 4.78 is 70.4. The van der Waals surface area contributed by atoms with Crippen molar-refractivity contribution in [2.24, 2.45) is 0 Å². The molecule has 0 atom stereocenters. The Morgan fingerprint density at radius 2 is 1.87 bits per heavy atom. The van der Waals surface area contributed by atoms with Crippen molar-refractivity contribution in [2.75, 3.05) is 31.9 Å². The van der Waals surface area contributed by atoms with Gasteiger partial charge in [0.05, 0.1) is 21.9 Å². The van der Waals surface area contributed by atoms with Crippen LogP contribution in [-0.2, 0) is 26.7 Å². The zero-order valence-electron chi connectivity index (χ0n) is 17.0. The molecule has 170 valence electrons. The van der Waals surface area contributed by atoms with Gasteiger partial charge in [-0.15, -0.1) is 11.8 Å². The molecule has 0 unspecified atom stereocenters. The predicted molar refractivity (Wildman–Crippen MR) is 109 cm³/mol. The average molecular weight is 478 g/mol. The largest absolute Gasteiger partial charge is 0.416 e. The zero-order chi connectivity index (χ0) is 22.8. The molecule has 7 nitrogen and oxygen atoms in total. The van der Waals surface area contributed by atoms with E-state index in [0.29, 0.717) is 17.6 Å². The van der Waals surface area contributed by atoms with Crippen LogP contribution in [0.1, 0.15) is 22.6 Å². The van der Waals surface area contributed by atoms with E-state index in [4.69, 9.17) is 4.52 Å². The number of benzene rings is 1. The van der Waals surface area contributed by atoms with Gasteiger partial charge in [0.25, 0.3) is 0 Å². The number of hydrogen-bond acceptors (Lipinski definition) is 6. The SMILES string of the molecule is Cc1noc(C)c1CSCC(=O)N1CCN(S(=O)(=O)c2cccc(C(F)(F)F)c2)CC1. The highest BCUT2D eigenvalue weighted by Gasteiger charge is 2.34. The lowest BCUT2D eigenvalue weighted by molar-refractivity contribution is -0.137. The van der Waals surface area contributed by atoms with Gasteiger partial charge in [-0.3, -0.25) is 4.79 Å². The summed E-state index contributed by atoms with van der Waals surface area (Å²) in [6.45, 7) is 4.06. The minimum absolute atomic E-state index is 0.0266. The number of carbonyl (C=O) groups is 1. The summed E-state index contributed by atoms with van der Waals surface area (Å²) in [4.78, 5) is 13.6. The van der Waals surface area contributed by atoms with Gasteiger partial charge in [0, 0.05) is 37.5 Å². The summed E-state index contributed by atoms with van der Waals surface area (Å²) in [7, 11) is -4.08. The molecule has 0 spiro atoms. The van der Waals surface area contributed by atoms with Crippen LogP contribution in [0.5, 0.6) is 0 Å². The molecule has 3 rings (SSSR count). The Kier molecular flexibility index (Phi) is 7.01. The molecule has 0 bridgehead atoms. The van der Waals surface area contributed by atoms with Gasteiger partial charge in [-0.05, 0) is 32.0 Å². The van der Waals surface area contributed by atoms with Gasteiger partial charge in [-0.25, -0.2) is 8.42 Å². The number of rotatable bonds is 6. The number of halogens is 3. The first-order chi connectivity index (χ1) is 14.5. The van der Waals surface area contributed by atoms with Crippen LogP contribution in [0.3, 0.4) is 0 Å². The maximum absolute atomic E-state index is 12.9. The lowest BCUT2D eigenvalue weighted by Crippen LogP contribution is -2.51. The summed E-state index contributed by atoms with van der Waals surface area (Å²) in [6, 6.07) is 3.69. The summed E-state index contributed by atoms with van der Waals surface area (Å²) >= 11 is 1.42. The molecule has 1 aliphatic rings. The molecule has 1 fully saturated rings. The van der Waals surface area contributed by atoms with Crippen LogP contribution in [0.15, 0.2) is 33.7 Å². The molecule has 2 heterocycles. The Morgan fingerprint density at radius 3 is 2.45 bits per heavy atom. The van der Waals surface area contributed by atoms with E-state index in [9.17, 15) is 26.4 Å². The third-order valence-corrected chi connectivity index (χ3v) is 7.88. The Bertz CT molecular complexity index is 1030. The van der Waals surface area contributed by atoms with E-state index in [-0.39, 0.29) is 37.8 Å². The molecular weight excluding hydrogens is 455 g/mol. The van der Waals surface area contributed by atoms with Crippen LogP contribution in [0.2, 0.25) is 0 Å². The van der Waals surface area contributed by atoms with Gasteiger partial charge in [-0.2, -0.15) is 17.5 Å². The van der Waals surface area contributed by atoms with Crippen molar-refractivity contribution in [2.45, 2.75) is 30.7 Å². The van der Waals surface area contributed by atoms with Crippen LogP contribution in [0.25, 0.3) is 0 Å². The maximum Gasteiger partial charge on any atom is 0.416 e. The van der Waals surface area contributed by atoms with Crippen molar-refractivity contribution in [3.63, 3.8) is 0 Å². The van der Waals surface area contributed by atoms with Crippen molar-refractivity contribution in [1.29, 1.82) is 0 Å². The lowest BCUT2D eigenvalue weighted by atomic mass is 10.2. The standard InChI is InChI=1S/C19H22F3N3O4S2/c1-13-17(14(2)29-23-13)11-30-12-18(26)24-6-8-25(9-7-24)31(27,28)16-5-3-4-15(10-16)19(20,21)22/h3-5,10H,6-9,11-12H2,1-2H3. The van der Waals surface area contributed by atoms with Crippen molar-refractivity contribution >= 4 is 27.7 Å². The molecule has 0 aliphatic carbocycles. The molecule has 1 aliphatic heterocycles. The van der Waals surface area contributed by atoms with Gasteiger partial charge in [-0.1, -0.05) is 11.2 Å². The highest BCUT2D eigenvalue weighted by Crippen LogP contribution is 2.31. The van der Waals surface area contributed by atoms with Gasteiger partial charge in [0.1, 0.15) is 5.76 Å². The lowest BCUT2D eigenvalue weighted by Gasteiger charge is -2.34. The number of hydrogen-bond donors (Lipinski definition) is 0. The molecule has 12 heteroatoms. The van der Waals surface area contributed by atoms with Gasteiger partial charge in [0.15, 0.2) is 0 Å². The first-order valence-electron chi connectivity index (χ1n) is 9.45. The number of alkyl halides is 3. The van der Waals surface area contributed by atoms with E-state index in [1.165, 1.54) is 11.8 Å². The van der Waals surface area contributed by atoms with Gasteiger partial charge < -0.3 is 9.42 Å². The number of piperazine rings is 1. The monoisotopic (exact) mass is 477 g/mol. The van der Waals surface area contributed by atoms with E-state index < -0.39 is 26.7 Å². The van der Waals surface area contributed by atoms with Crippen molar-refractivity contribution < 1.29 is 30.9 Å². The first-order valence-corrected chi connectivity index (χ1v) is 12.0. The fourth-order valence-electron chi connectivity index (χ4n) is 3.20. The van der Waals surface area contributed by atoms with Crippen LogP contribution >= 0.6 is 11.8 Å². The first kappa shape index (κ1) is 23.6. The summed E-state index contributed by atoms with van der Waals surface area (Å²) in [5, 5.41) is 3.87. The van der Waals surface area contributed by atoms with Gasteiger partial charge in [0.2, 0.25) is 15.9 Å². The molecule has 31 heavy (non-hydrogen) atoms. The molecule has 1 aromatic carbocycles. The smallest absolute Gasteiger partial charge is 0.361 e. The fourth-order valence-corrected chi connectivity index (χ4v) is 5.74. The third kappa shape index (κ3) is 5.42. The second-order valence-electron chi connectivity index (χ2n) is 7.11. The number of aromatic nitrogens is 1. The highest BCUT2D eigenvalue weighted by atomic mass is 32.2. The molecule has 2 aromatic rings. The Balaban J connectivity index is 1.55. The Hall–Kier alpha value is -2.05. The molecular formula is C19H22F3N3O4S2. The van der Waals surface area contributed by atoms with E-state index in [0.717, 1.165) is 33.8 Å². The molecule has 0 radical (unpaired) electrons. The minimum atomic E-state index is -4.63. The molecule has 1 amide bonds. The number of carbonyl (C=O) groups excluding carboxylic acids is 1. The van der Waals surface area contributed by atoms with E-state index >= 15 is 0 Å². The van der Waals surface area contributed by atoms with Gasteiger partial charge >= 0.3 is 6.18 Å². The van der Waals surface area contributed by atoms with E-state index in [1.54, 1.807) is 4.90 Å². The Morgan fingerprint density at radius 1 is 1.19 bits per heavy atom. The number of amides is 1. The summed E-state index contributed by atoms with van der Waals surface area (Å²) in [5.74, 6) is 1.40. The molecule has 1 saturated heterocycles. The predicted octanol–water partition coefficient (Wildman–Crippen LogP) is 3.08. The highest BCUT2D eigenvalue weighted by molar-refractivity contribution is 7.99. The van der Waals surface area contributed by atoms with E-state index in [2.05, 4.69) is 5.16 Å². The quantitative estimate of drug-likeness (QED) is 0.636. The minimum Gasteiger partial charge on any atom is -0.361 e. The number of aryl methyl sites for hydroxylation is 2. The maximum atomic E-state index is 12.9. The molecule has 0 N–H and O–H groups in total. The Labute approximate surface area is 182 Å². The fraction of sp³-hybridized carbons (Fsp3) is 0.474. The zero-order valence-corrected chi connectivity index (χ0v) is 18.6. The van der Waals surface area contributed by atoms with Crippen molar-refractivity contribution in [3.05, 3.63) is 46.8 Å². The van der Waals surface area contributed by atoms with Crippen molar-refractivity contribution in [3.8, 4) is 0 Å². The topological polar surface area (TPSA) is 83.7 Å².